The number of alkyl halides is 6. The Kier molecular flexibility index (Phi) is 9.45. The van der Waals surface area contributed by atoms with Crippen LogP contribution in [0.2, 0.25) is 0 Å². The molecule has 0 saturated heterocycles. The lowest BCUT2D eigenvalue weighted by molar-refractivity contribution is -0.0469. The molecule has 0 saturated carbocycles. The Morgan fingerprint density at radius 1 is 0.795 bits per heavy atom. The van der Waals surface area contributed by atoms with Crippen molar-refractivity contribution in [2.45, 2.75) is 63.4 Å². The summed E-state index contributed by atoms with van der Waals surface area (Å²) >= 11 is 0. The van der Waals surface area contributed by atoms with Crippen LogP contribution in [0.5, 0.6) is 0 Å². The van der Waals surface area contributed by atoms with Gasteiger partial charge in [0.1, 0.15) is 0 Å². The highest BCUT2D eigenvalue weighted by Gasteiger charge is 2.49. The van der Waals surface area contributed by atoms with Gasteiger partial charge in [-0.15, -0.1) is 0 Å². The van der Waals surface area contributed by atoms with Gasteiger partial charge in [-0.2, -0.15) is 47.6 Å². The maximum atomic E-state index is 12.9. The molecule has 14 heteroatoms. The molecule has 0 spiro atoms. The molecule has 0 aromatic rings. The molecule has 0 unspecified atom stereocenters. The number of allylic oxidation sites excluding steroid dienone is 5. The van der Waals surface area contributed by atoms with Crippen molar-refractivity contribution in [3.05, 3.63) is 89.3 Å². The van der Waals surface area contributed by atoms with Crippen LogP contribution in [0.25, 0.3) is 17.2 Å². The van der Waals surface area contributed by atoms with Gasteiger partial charge in [-0.1, -0.05) is 96.2 Å². The largest absolute Gasteiger partial charge is 0.518 e. The number of nitrogens with zero attached hydrogens (tertiary/aromatic N) is 2. The Labute approximate surface area is 253 Å². The van der Waals surface area contributed by atoms with Crippen LogP contribution >= 0.6 is 0 Å². The fourth-order valence-corrected chi connectivity index (χ4v) is 5.38. The van der Waals surface area contributed by atoms with Crippen molar-refractivity contribution < 1.29 is 43.2 Å². The maximum Gasteiger partial charge on any atom is 0.518 e. The zero-order valence-electron chi connectivity index (χ0n) is 24.7. The highest BCUT2D eigenvalue weighted by atomic mass is 32.2. The summed E-state index contributed by atoms with van der Waals surface area (Å²) in [6, 6.07) is 10.0. The van der Waals surface area contributed by atoms with Crippen molar-refractivity contribution >= 4 is 32.3 Å². The van der Waals surface area contributed by atoms with E-state index in [0.717, 1.165) is 40.0 Å². The molecule has 1 heterocycles. The molecule has 1 aliphatic heterocycles. The van der Waals surface area contributed by atoms with Crippen LogP contribution in [0.3, 0.4) is 0 Å². The quantitative estimate of drug-likeness (QED) is 0.178. The summed E-state index contributed by atoms with van der Waals surface area (Å²) in [5.74, 6) is -1.11. The molecular formula is C30H32F6N2O4S2. The summed E-state index contributed by atoms with van der Waals surface area (Å²) in [5.41, 5.74) is -7.07. The van der Waals surface area contributed by atoms with E-state index >= 15 is 0 Å². The van der Waals surface area contributed by atoms with Crippen molar-refractivity contribution in [2.75, 3.05) is 0 Å². The van der Waals surface area contributed by atoms with Gasteiger partial charge < -0.3 is 0 Å². The Balaban J connectivity index is 2.11. The molecule has 0 aromatic carbocycles. The van der Waals surface area contributed by atoms with Crippen LogP contribution in [0.1, 0.15) is 58.2 Å². The summed E-state index contributed by atoms with van der Waals surface area (Å²) in [6.45, 7) is 12.4. The third kappa shape index (κ3) is 7.63. The Bertz CT molecular complexity index is 1720. The van der Waals surface area contributed by atoms with E-state index in [9.17, 15) is 43.2 Å². The Morgan fingerprint density at radius 3 is 1.82 bits per heavy atom. The molecule has 3 rings (SSSR count). The van der Waals surface area contributed by atoms with Crippen LogP contribution in [-0.2, 0) is 30.9 Å². The smallest absolute Gasteiger partial charge is 0.246 e. The minimum absolute atomic E-state index is 0.101. The number of fused-ring (bicyclic) bond motifs is 1. The summed E-state index contributed by atoms with van der Waals surface area (Å²) in [4.78, 5) is 0. The van der Waals surface area contributed by atoms with Crippen LogP contribution in [0.4, 0.5) is 26.3 Å². The normalized spacial score (nSPS) is 16.6. The van der Waals surface area contributed by atoms with E-state index in [-0.39, 0.29) is 20.7 Å². The number of rotatable bonds is 6. The van der Waals surface area contributed by atoms with E-state index in [1.807, 2.05) is 51.1 Å². The average molecular weight is 663 g/mol. The summed E-state index contributed by atoms with van der Waals surface area (Å²) in [5, 5.41) is 0. The molecule has 0 amide bonds. The molecule has 44 heavy (non-hydrogen) atoms. The zero-order valence-corrected chi connectivity index (χ0v) is 26.3. The lowest BCUT2D eigenvalue weighted by Crippen LogP contribution is -2.35. The average Bonchev–Trinajstić information content (AvgIpc) is 3.06. The summed E-state index contributed by atoms with van der Waals surface area (Å²) in [7, 11) is -11.7. The monoisotopic (exact) mass is 662 g/mol. The first-order valence-electron chi connectivity index (χ1n) is 13.2. The highest BCUT2D eigenvalue weighted by Crippen LogP contribution is 2.40. The fraction of sp³-hybridized carbons (Fsp3) is 0.367. The van der Waals surface area contributed by atoms with Crippen molar-refractivity contribution in [3.63, 3.8) is 0 Å². The molecule has 6 nitrogen and oxygen atoms in total. The van der Waals surface area contributed by atoms with E-state index < -0.39 is 37.0 Å². The van der Waals surface area contributed by atoms with Crippen LogP contribution < -0.4 is 0 Å². The summed E-state index contributed by atoms with van der Waals surface area (Å²) in [6.07, 6.45) is 7.85. The highest BCUT2D eigenvalue weighted by molar-refractivity contribution is 7.91. The van der Waals surface area contributed by atoms with Gasteiger partial charge in [0.2, 0.25) is 0 Å². The van der Waals surface area contributed by atoms with Gasteiger partial charge in [0.15, 0.2) is 0 Å². The molecule has 240 valence electrons. The number of sulfonamides is 2. The molecule has 0 fully saturated rings. The molecule has 0 N–H and O–H groups in total. The fourth-order valence-electron chi connectivity index (χ4n) is 4.30. The molecule has 0 bridgehead atoms. The van der Waals surface area contributed by atoms with E-state index in [4.69, 9.17) is 0 Å². The first-order chi connectivity index (χ1) is 19.9. The standard InChI is InChI=1S/C30H32F6N2O4S2/c1-27(2,3)23-10-12-24-21(18-26(28(4,5)6)25(24)13-11-23)8-7-9-22(19-37-43(39,40)29(31,32)33)20-14-16-38(17-15-20)44(41,42)30(34,35)36/h7-20H,1-6H3/b8-7+,22-9-,37-19+. The van der Waals surface area contributed by atoms with Gasteiger partial charge in [0, 0.05) is 24.5 Å². The van der Waals surface area contributed by atoms with Gasteiger partial charge in [-0.25, -0.2) is 4.31 Å². The number of hydrogen-bond acceptors (Lipinski definition) is 4. The second kappa shape index (κ2) is 11.8. The van der Waals surface area contributed by atoms with E-state index in [1.54, 1.807) is 6.08 Å². The number of hydrogen-bond donors (Lipinski definition) is 0. The third-order valence-corrected chi connectivity index (χ3v) is 9.11. The zero-order chi connectivity index (χ0) is 33.5. The molecule has 2 aliphatic carbocycles. The van der Waals surface area contributed by atoms with E-state index in [0.29, 0.717) is 18.6 Å². The van der Waals surface area contributed by atoms with Crippen molar-refractivity contribution in [1.29, 1.82) is 0 Å². The molecule has 0 aromatic heterocycles. The molecule has 3 aliphatic rings. The van der Waals surface area contributed by atoms with Crippen molar-refractivity contribution in [2.24, 2.45) is 10.3 Å². The van der Waals surface area contributed by atoms with Crippen LogP contribution in [0, 0.1) is 5.92 Å². The third-order valence-electron chi connectivity index (χ3n) is 6.76. The first kappa shape index (κ1) is 35.1. The van der Waals surface area contributed by atoms with Gasteiger partial charge in [-0.3, -0.25) is 0 Å². The van der Waals surface area contributed by atoms with E-state index in [1.165, 1.54) is 12.2 Å². The summed E-state index contributed by atoms with van der Waals surface area (Å²) < 4.78 is 127. The minimum Gasteiger partial charge on any atom is -0.246 e. The van der Waals surface area contributed by atoms with Crippen LogP contribution in [0.15, 0.2) is 77.0 Å². The Morgan fingerprint density at radius 2 is 1.34 bits per heavy atom. The predicted octanol–water partition coefficient (Wildman–Crippen LogP) is 8.06. The van der Waals surface area contributed by atoms with Crippen LogP contribution in [-0.4, -0.2) is 38.4 Å². The first-order valence-corrected chi connectivity index (χ1v) is 16.0. The molecule has 0 atom stereocenters. The van der Waals surface area contributed by atoms with E-state index in [2.05, 4.69) is 25.2 Å². The lowest BCUT2D eigenvalue weighted by Gasteiger charge is -2.22. The topological polar surface area (TPSA) is 83.9 Å². The van der Waals surface area contributed by atoms with Crippen molar-refractivity contribution in [1.82, 2.24) is 4.31 Å². The minimum atomic E-state index is -5.93. The Hall–Kier alpha value is -3.39. The maximum absolute atomic E-state index is 12.9. The van der Waals surface area contributed by atoms with Gasteiger partial charge in [-0.05, 0) is 50.3 Å². The lowest BCUT2D eigenvalue weighted by atomic mass is 9.85. The van der Waals surface area contributed by atoms with Gasteiger partial charge in [0.05, 0.1) is 0 Å². The second-order valence-corrected chi connectivity index (χ2v) is 15.6. The SMILES string of the molecule is CC(C)(C)c1ccc2c(/C=C/C=C(/C=N/S(=O)(=O)C(F)(F)F)C3C=CN(S(=O)(=O)C(F)(F)F)C=C3)cc(C(C)(C)C)c-2cc1. The molecule has 0 radical (unpaired) electrons. The van der Waals surface area contributed by atoms with Gasteiger partial charge >= 0.3 is 31.1 Å². The van der Waals surface area contributed by atoms with Crippen molar-refractivity contribution in [3.8, 4) is 11.1 Å². The number of halogens is 6. The predicted molar refractivity (Wildman–Crippen MR) is 160 cm³/mol. The molecular weight excluding hydrogens is 630 g/mol. The van der Waals surface area contributed by atoms with Gasteiger partial charge in [0.25, 0.3) is 0 Å². The second-order valence-electron chi connectivity index (χ2n) is 12.1.